The molecule has 0 atom stereocenters. The molecule has 37 heavy (non-hydrogen) atoms. The van der Waals surface area contributed by atoms with E-state index >= 15 is 0 Å². The topological polar surface area (TPSA) is 92.3 Å². The molecule has 0 saturated heterocycles. The van der Waals surface area contributed by atoms with Gasteiger partial charge >= 0.3 is 5.97 Å². The smallest absolute Gasteiger partial charge is 0.341 e. The zero-order valence-electron chi connectivity index (χ0n) is 19.2. The largest absolute Gasteiger partial charge is 0.462 e. The minimum absolute atomic E-state index is 0.111. The van der Waals surface area contributed by atoms with Gasteiger partial charge < -0.3 is 14.5 Å². The summed E-state index contributed by atoms with van der Waals surface area (Å²) >= 11 is 13.4. The number of amides is 1. The summed E-state index contributed by atoms with van der Waals surface area (Å²) in [4.78, 5) is 25.7. The summed E-state index contributed by atoms with van der Waals surface area (Å²) in [6.07, 6.45) is 1.27. The van der Waals surface area contributed by atoms with E-state index < -0.39 is 17.7 Å². The van der Waals surface area contributed by atoms with E-state index in [0.717, 1.165) is 11.3 Å². The molecule has 6 nitrogen and oxygen atoms in total. The molecule has 0 aliphatic rings. The van der Waals surface area contributed by atoms with Crippen LogP contribution in [0.5, 0.6) is 0 Å². The predicted octanol–water partition coefficient (Wildman–Crippen LogP) is 7.84. The quantitative estimate of drug-likeness (QED) is 0.143. The van der Waals surface area contributed by atoms with E-state index in [4.69, 9.17) is 32.4 Å². The van der Waals surface area contributed by atoms with Crippen LogP contribution in [0.3, 0.4) is 0 Å². The number of benzene rings is 2. The molecule has 1 N–H and O–H groups in total. The number of hydrogen-bond donors (Lipinski definition) is 1. The number of halogens is 3. The molecule has 2 aromatic carbocycles. The van der Waals surface area contributed by atoms with E-state index in [1.807, 2.05) is 6.07 Å². The summed E-state index contributed by atoms with van der Waals surface area (Å²) in [6, 6.07) is 15.6. The first-order valence-electron chi connectivity index (χ1n) is 10.8. The SMILES string of the molecule is CCOC(=O)c1c(-c2ccc(F)cc2)csc1NC(=O)C(C#N)=Cc1ccc(-c2cc(Cl)ccc2Cl)o1. The highest BCUT2D eigenvalue weighted by Crippen LogP contribution is 2.37. The van der Waals surface area contributed by atoms with Crippen molar-refractivity contribution in [2.24, 2.45) is 0 Å². The van der Waals surface area contributed by atoms with Crippen LogP contribution in [-0.4, -0.2) is 18.5 Å². The van der Waals surface area contributed by atoms with Crippen LogP contribution in [0.15, 0.2) is 70.0 Å². The fourth-order valence-corrected chi connectivity index (χ4v) is 4.76. The number of rotatable bonds is 7. The van der Waals surface area contributed by atoms with Gasteiger partial charge in [0.2, 0.25) is 0 Å². The highest BCUT2D eigenvalue weighted by molar-refractivity contribution is 7.15. The van der Waals surface area contributed by atoms with Crippen LogP contribution in [-0.2, 0) is 9.53 Å². The Labute approximate surface area is 225 Å². The molecule has 1 amide bonds. The maximum atomic E-state index is 13.4. The zero-order chi connectivity index (χ0) is 26.5. The van der Waals surface area contributed by atoms with E-state index in [9.17, 15) is 19.2 Å². The first kappa shape index (κ1) is 26.2. The summed E-state index contributed by atoms with van der Waals surface area (Å²) in [7, 11) is 0. The molecular weight excluding hydrogens is 538 g/mol. The van der Waals surface area contributed by atoms with Crippen molar-refractivity contribution in [3.63, 3.8) is 0 Å². The average molecular weight is 555 g/mol. The van der Waals surface area contributed by atoms with Crippen LogP contribution in [0.25, 0.3) is 28.5 Å². The Morgan fingerprint density at radius 1 is 1.14 bits per heavy atom. The molecule has 0 fully saturated rings. The number of thiophene rings is 1. The van der Waals surface area contributed by atoms with Crippen molar-refractivity contribution < 1.29 is 23.1 Å². The van der Waals surface area contributed by atoms with E-state index in [-0.39, 0.29) is 28.5 Å². The summed E-state index contributed by atoms with van der Waals surface area (Å²) < 4.78 is 24.3. The van der Waals surface area contributed by atoms with Crippen molar-refractivity contribution >= 4 is 57.5 Å². The number of anilines is 1. The average Bonchev–Trinajstić information content (AvgIpc) is 3.52. The van der Waals surface area contributed by atoms with Crippen molar-refractivity contribution in [3.8, 4) is 28.5 Å². The third-order valence-corrected chi connectivity index (χ3v) is 6.59. The number of nitrogens with one attached hydrogen (secondary N) is 1. The van der Waals surface area contributed by atoms with Crippen LogP contribution >= 0.6 is 34.5 Å². The van der Waals surface area contributed by atoms with Crippen molar-refractivity contribution in [1.29, 1.82) is 5.26 Å². The maximum absolute atomic E-state index is 13.4. The van der Waals surface area contributed by atoms with E-state index in [2.05, 4.69) is 5.32 Å². The monoisotopic (exact) mass is 554 g/mol. The lowest BCUT2D eigenvalue weighted by Crippen LogP contribution is -2.16. The molecule has 0 unspecified atom stereocenters. The Bertz CT molecular complexity index is 1550. The molecule has 4 aromatic rings. The molecule has 186 valence electrons. The highest BCUT2D eigenvalue weighted by Gasteiger charge is 2.24. The van der Waals surface area contributed by atoms with Gasteiger partial charge in [0.05, 0.1) is 11.6 Å². The van der Waals surface area contributed by atoms with Gasteiger partial charge in [-0.2, -0.15) is 5.26 Å². The Kier molecular flexibility index (Phi) is 8.09. The predicted molar refractivity (Wildman–Crippen MR) is 142 cm³/mol. The van der Waals surface area contributed by atoms with Gasteiger partial charge in [-0.1, -0.05) is 35.3 Å². The number of nitriles is 1. The molecule has 10 heteroatoms. The van der Waals surface area contributed by atoms with Gasteiger partial charge in [-0.15, -0.1) is 11.3 Å². The van der Waals surface area contributed by atoms with Crippen LogP contribution in [0.2, 0.25) is 10.0 Å². The summed E-state index contributed by atoms with van der Waals surface area (Å²) in [5.74, 6) is -1.19. The van der Waals surface area contributed by atoms with Crippen molar-refractivity contribution in [2.75, 3.05) is 11.9 Å². The Balaban J connectivity index is 1.63. The third kappa shape index (κ3) is 5.92. The molecule has 0 radical (unpaired) electrons. The number of nitrogens with zero attached hydrogens (tertiary/aromatic N) is 1. The van der Waals surface area contributed by atoms with Crippen LogP contribution in [0, 0.1) is 17.1 Å². The van der Waals surface area contributed by atoms with Gasteiger partial charge in [0.15, 0.2) is 0 Å². The molecule has 2 heterocycles. The normalized spacial score (nSPS) is 11.2. The first-order valence-corrected chi connectivity index (χ1v) is 12.5. The number of furan rings is 1. The van der Waals surface area contributed by atoms with Gasteiger partial charge in [-0.3, -0.25) is 4.79 Å². The first-order chi connectivity index (χ1) is 17.8. The maximum Gasteiger partial charge on any atom is 0.341 e. The second-order valence-electron chi connectivity index (χ2n) is 7.53. The van der Waals surface area contributed by atoms with Crippen LogP contribution in [0.1, 0.15) is 23.0 Å². The Hall–Kier alpha value is -3.90. The van der Waals surface area contributed by atoms with Crippen molar-refractivity contribution in [3.05, 3.63) is 92.7 Å². The number of ether oxygens (including phenoxy) is 1. The van der Waals surface area contributed by atoms with Gasteiger partial charge in [0, 0.05) is 27.6 Å². The fraction of sp³-hybridized carbons (Fsp3) is 0.0741. The van der Waals surface area contributed by atoms with E-state index in [1.165, 1.54) is 30.3 Å². The van der Waals surface area contributed by atoms with E-state index in [1.54, 1.807) is 42.6 Å². The molecule has 0 aliphatic heterocycles. The number of carbonyl (C=O) groups is 2. The minimum Gasteiger partial charge on any atom is -0.462 e. The number of esters is 1. The highest BCUT2D eigenvalue weighted by atomic mass is 35.5. The molecular formula is C27H17Cl2FN2O4S. The van der Waals surface area contributed by atoms with Gasteiger partial charge in [0.25, 0.3) is 5.91 Å². The molecule has 0 saturated carbocycles. The van der Waals surface area contributed by atoms with Crippen LogP contribution in [0.4, 0.5) is 9.39 Å². The fourth-order valence-electron chi connectivity index (χ4n) is 3.42. The molecule has 2 aromatic heterocycles. The molecule has 4 rings (SSSR count). The molecule has 0 aliphatic carbocycles. The van der Waals surface area contributed by atoms with E-state index in [0.29, 0.717) is 32.5 Å². The Morgan fingerprint density at radius 3 is 2.59 bits per heavy atom. The van der Waals surface area contributed by atoms with Gasteiger partial charge in [-0.05, 0) is 55.0 Å². The summed E-state index contributed by atoms with van der Waals surface area (Å²) in [6.45, 7) is 1.77. The Morgan fingerprint density at radius 2 is 1.89 bits per heavy atom. The lowest BCUT2D eigenvalue weighted by molar-refractivity contribution is -0.112. The third-order valence-electron chi connectivity index (χ3n) is 5.13. The number of carbonyl (C=O) groups excluding carboxylic acids is 2. The minimum atomic E-state index is -0.751. The second kappa shape index (κ2) is 11.4. The molecule has 0 spiro atoms. The summed E-state index contributed by atoms with van der Waals surface area (Å²) in [5, 5.41) is 15.0. The van der Waals surface area contributed by atoms with Gasteiger partial charge in [0.1, 0.15) is 39.5 Å². The van der Waals surface area contributed by atoms with Crippen molar-refractivity contribution in [2.45, 2.75) is 6.92 Å². The van der Waals surface area contributed by atoms with Gasteiger partial charge in [-0.25, -0.2) is 9.18 Å². The van der Waals surface area contributed by atoms with Crippen LogP contribution < -0.4 is 5.32 Å². The zero-order valence-corrected chi connectivity index (χ0v) is 21.5. The molecule has 0 bridgehead atoms. The lowest BCUT2D eigenvalue weighted by Gasteiger charge is -2.08. The van der Waals surface area contributed by atoms with Crippen molar-refractivity contribution in [1.82, 2.24) is 0 Å². The second-order valence-corrected chi connectivity index (χ2v) is 9.25. The lowest BCUT2D eigenvalue weighted by atomic mass is 10.0. The number of hydrogen-bond acceptors (Lipinski definition) is 6. The summed E-state index contributed by atoms with van der Waals surface area (Å²) in [5.41, 5.74) is 1.45. The standard InChI is InChI=1S/C27H17Cl2FN2O4S/c1-2-35-27(34)24-21(15-3-6-18(30)7-4-15)14-37-26(24)32-25(33)16(13-31)11-19-8-10-23(36-19)20-12-17(28)5-9-22(20)29/h3-12,14H,2H2,1H3,(H,32,33).